The molecule has 0 aliphatic heterocycles. The Morgan fingerprint density at radius 2 is 1.90 bits per heavy atom. The molecule has 0 aliphatic rings. The van der Waals surface area contributed by atoms with Crippen molar-refractivity contribution in [2.75, 3.05) is 26.4 Å². The van der Waals surface area contributed by atoms with Crippen LogP contribution in [0.3, 0.4) is 0 Å². The number of nitrogens with one attached hydrogen (secondary N) is 1. The second-order valence-corrected chi connectivity index (χ2v) is 5.89. The van der Waals surface area contributed by atoms with Gasteiger partial charge in [0.15, 0.2) is 0 Å². The first-order valence-corrected chi connectivity index (χ1v) is 8.17. The Morgan fingerprint density at radius 1 is 1.10 bits per heavy atom. The number of hydrogen-bond donors (Lipinski definition) is 1. The molecule has 3 heteroatoms. The summed E-state index contributed by atoms with van der Waals surface area (Å²) in [5, 5.41) is 3.49. The Bertz CT molecular complexity index is 379. The molecule has 21 heavy (non-hydrogen) atoms. The van der Waals surface area contributed by atoms with E-state index >= 15 is 0 Å². The summed E-state index contributed by atoms with van der Waals surface area (Å²) in [7, 11) is 0. The van der Waals surface area contributed by atoms with E-state index in [1.54, 1.807) is 0 Å². The Kier molecular flexibility index (Phi) is 9.11. The Morgan fingerprint density at radius 3 is 2.62 bits per heavy atom. The van der Waals surface area contributed by atoms with Crippen LogP contribution in [0.1, 0.15) is 52.1 Å². The van der Waals surface area contributed by atoms with E-state index in [0.717, 1.165) is 31.7 Å². The molecule has 1 unspecified atom stereocenters. The minimum Gasteiger partial charge on any atom is -0.491 e. The average Bonchev–Trinajstić information content (AvgIpc) is 2.48. The normalized spacial score (nSPS) is 12.6. The number of benzene rings is 1. The first-order chi connectivity index (χ1) is 10.1. The molecular formula is C18H31NO2. The first kappa shape index (κ1) is 18.0. The van der Waals surface area contributed by atoms with Gasteiger partial charge in [-0.15, -0.1) is 0 Å². The zero-order valence-corrected chi connectivity index (χ0v) is 14.0. The van der Waals surface area contributed by atoms with Crippen LogP contribution in [0.15, 0.2) is 24.3 Å². The van der Waals surface area contributed by atoms with Crippen molar-refractivity contribution < 1.29 is 9.47 Å². The van der Waals surface area contributed by atoms with E-state index in [1.807, 2.05) is 6.07 Å². The molecule has 0 saturated carbocycles. The third kappa shape index (κ3) is 8.08. The molecule has 1 atom stereocenters. The Labute approximate surface area is 130 Å². The predicted octanol–water partition coefficient (Wildman–Crippen LogP) is 4.19. The molecule has 0 spiro atoms. The molecule has 0 heterocycles. The molecule has 1 rings (SSSR count). The van der Waals surface area contributed by atoms with Crippen molar-refractivity contribution >= 4 is 0 Å². The monoisotopic (exact) mass is 293 g/mol. The highest BCUT2D eigenvalue weighted by atomic mass is 16.5. The SMILES string of the molecule is CCCNC(C)c1cccc(OCCOCCC(C)C)c1. The maximum absolute atomic E-state index is 5.76. The van der Waals surface area contributed by atoms with Gasteiger partial charge >= 0.3 is 0 Å². The van der Waals surface area contributed by atoms with E-state index in [4.69, 9.17) is 9.47 Å². The summed E-state index contributed by atoms with van der Waals surface area (Å²) < 4.78 is 11.3. The van der Waals surface area contributed by atoms with E-state index in [0.29, 0.717) is 25.2 Å². The van der Waals surface area contributed by atoms with Gasteiger partial charge in [-0.1, -0.05) is 32.9 Å². The molecule has 1 aromatic carbocycles. The van der Waals surface area contributed by atoms with Gasteiger partial charge in [-0.3, -0.25) is 0 Å². The molecule has 0 aromatic heterocycles. The van der Waals surface area contributed by atoms with E-state index in [-0.39, 0.29) is 0 Å². The molecule has 0 amide bonds. The summed E-state index contributed by atoms with van der Waals surface area (Å²) in [5.74, 6) is 1.62. The summed E-state index contributed by atoms with van der Waals surface area (Å²) in [4.78, 5) is 0. The maximum Gasteiger partial charge on any atom is 0.119 e. The molecular weight excluding hydrogens is 262 g/mol. The van der Waals surface area contributed by atoms with Crippen molar-refractivity contribution in [3.05, 3.63) is 29.8 Å². The molecule has 0 fully saturated rings. The van der Waals surface area contributed by atoms with Crippen LogP contribution in [0.5, 0.6) is 5.75 Å². The van der Waals surface area contributed by atoms with Crippen LogP contribution in [0.25, 0.3) is 0 Å². The van der Waals surface area contributed by atoms with Crippen molar-refractivity contribution in [3.8, 4) is 5.75 Å². The van der Waals surface area contributed by atoms with Gasteiger partial charge in [-0.2, -0.15) is 0 Å². The van der Waals surface area contributed by atoms with Gasteiger partial charge < -0.3 is 14.8 Å². The summed E-state index contributed by atoms with van der Waals surface area (Å²) >= 11 is 0. The van der Waals surface area contributed by atoms with Crippen molar-refractivity contribution in [3.63, 3.8) is 0 Å². The van der Waals surface area contributed by atoms with Crippen LogP contribution in [-0.4, -0.2) is 26.4 Å². The van der Waals surface area contributed by atoms with Gasteiger partial charge in [0.05, 0.1) is 6.61 Å². The van der Waals surface area contributed by atoms with Gasteiger partial charge in [-0.05, 0) is 49.9 Å². The van der Waals surface area contributed by atoms with Crippen LogP contribution < -0.4 is 10.1 Å². The van der Waals surface area contributed by atoms with Crippen molar-refractivity contribution in [2.45, 2.75) is 46.6 Å². The van der Waals surface area contributed by atoms with Crippen LogP contribution in [0.4, 0.5) is 0 Å². The fourth-order valence-corrected chi connectivity index (χ4v) is 1.99. The van der Waals surface area contributed by atoms with Gasteiger partial charge in [-0.25, -0.2) is 0 Å². The molecule has 3 nitrogen and oxygen atoms in total. The standard InChI is InChI=1S/C18H31NO2/c1-5-10-19-16(4)17-7-6-8-18(14-17)21-13-12-20-11-9-15(2)3/h6-8,14-16,19H,5,9-13H2,1-4H3. The maximum atomic E-state index is 5.76. The number of rotatable bonds is 11. The molecule has 0 aliphatic carbocycles. The zero-order valence-electron chi connectivity index (χ0n) is 14.0. The molecule has 0 radical (unpaired) electrons. The number of hydrogen-bond acceptors (Lipinski definition) is 3. The molecule has 1 N–H and O–H groups in total. The zero-order chi connectivity index (χ0) is 15.5. The lowest BCUT2D eigenvalue weighted by atomic mass is 10.1. The van der Waals surface area contributed by atoms with E-state index < -0.39 is 0 Å². The van der Waals surface area contributed by atoms with Crippen molar-refractivity contribution in [2.24, 2.45) is 5.92 Å². The second kappa shape index (κ2) is 10.6. The van der Waals surface area contributed by atoms with Gasteiger partial charge in [0.25, 0.3) is 0 Å². The van der Waals surface area contributed by atoms with Gasteiger partial charge in [0.1, 0.15) is 12.4 Å². The van der Waals surface area contributed by atoms with Crippen LogP contribution in [0, 0.1) is 5.92 Å². The second-order valence-electron chi connectivity index (χ2n) is 5.89. The fourth-order valence-electron chi connectivity index (χ4n) is 1.99. The summed E-state index contributed by atoms with van der Waals surface area (Å²) in [6.07, 6.45) is 2.25. The minimum absolute atomic E-state index is 0.357. The Balaban J connectivity index is 2.29. The van der Waals surface area contributed by atoms with E-state index in [2.05, 4.69) is 51.2 Å². The lowest BCUT2D eigenvalue weighted by molar-refractivity contribution is 0.0925. The van der Waals surface area contributed by atoms with Crippen LogP contribution in [-0.2, 0) is 4.74 Å². The summed E-state index contributed by atoms with van der Waals surface area (Å²) in [6, 6.07) is 8.66. The Hall–Kier alpha value is -1.06. The minimum atomic E-state index is 0.357. The quantitative estimate of drug-likeness (QED) is 0.621. The van der Waals surface area contributed by atoms with Gasteiger partial charge in [0.2, 0.25) is 0 Å². The van der Waals surface area contributed by atoms with Crippen LogP contribution in [0.2, 0.25) is 0 Å². The fraction of sp³-hybridized carbons (Fsp3) is 0.667. The van der Waals surface area contributed by atoms with E-state index in [1.165, 1.54) is 5.56 Å². The predicted molar refractivity (Wildman–Crippen MR) is 88.9 cm³/mol. The van der Waals surface area contributed by atoms with Gasteiger partial charge in [0, 0.05) is 12.6 Å². The smallest absolute Gasteiger partial charge is 0.119 e. The molecule has 1 aromatic rings. The lowest BCUT2D eigenvalue weighted by Crippen LogP contribution is -2.19. The number of ether oxygens (including phenoxy) is 2. The summed E-state index contributed by atoms with van der Waals surface area (Å²) in [6.45, 7) is 11.9. The molecule has 0 saturated heterocycles. The highest BCUT2D eigenvalue weighted by Crippen LogP contribution is 2.19. The largest absolute Gasteiger partial charge is 0.491 e. The average molecular weight is 293 g/mol. The topological polar surface area (TPSA) is 30.5 Å². The third-order valence-electron chi connectivity index (χ3n) is 3.39. The highest BCUT2D eigenvalue weighted by Gasteiger charge is 2.05. The molecule has 0 bridgehead atoms. The molecule has 120 valence electrons. The van der Waals surface area contributed by atoms with Crippen molar-refractivity contribution in [1.82, 2.24) is 5.32 Å². The third-order valence-corrected chi connectivity index (χ3v) is 3.39. The van der Waals surface area contributed by atoms with Crippen LogP contribution >= 0.6 is 0 Å². The summed E-state index contributed by atoms with van der Waals surface area (Å²) in [5.41, 5.74) is 1.27. The first-order valence-electron chi connectivity index (χ1n) is 8.17. The van der Waals surface area contributed by atoms with E-state index in [9.17, 15) is 0 Å². The highest BCUT2D eigenvalue weighted by molar-refractivity contribution is 5.30. The van der Waals surface area contributed by atoms with Crippen molar-refractivity contribution in [1.29, 1.82) is 0 Å². The lowest BCUT2D eigenvalue weighted by Gasteiger charge is -2.15.